The van der Waals surface area contributed by atoms with Gasteiger partial charge >= 0.3 is 0 Å². The maximum absolute atomic E-state index is 5.26. The van der Waals surface area contributed by atoms with E-state index in [1.165, 1.54) is 0 Å². The van der Waals surface area contributed by atoms with Crippen LogP contribution in [0.4, 0.5) is 5.13 Å². The molecule has 6 nitrogen and oxygen atoms in total. The summed E-state index contributed by atoms with van der Waals surface area (Å²) in [5.41, 5.74) is 0. The summed E-state index contributed by atoms with van der Waals surface area (Å²) in [5, 5.41) is 4.18. The molecular formula is C11H21N3O3S. The lowest BCUT2D eigenvalue weighted by atomic mass is 10.5. The van der Waals surface area contributed by atoms with E-state index in [2.05, 4.69) is 10.3 Å². The molecule has 18 heavy (non-hydrogen) atoms. The van der Waals surface area contributed by atoms with Gasteiger partial charge in [-0.05, 0) is 0 Å². The second-order valence-electron chi connectivity index (χ2n) is 3.86. The molecule has 0 aliphatic rings. The quantitative estimate of drug-likeness (QED) is 0.712. The predicted octanol–water partition coefficient (Wildman–Crippen LogP) is 0.926. The lowest BCUT2D eigenvalue weighted by Crippen LogP contribution is -2.29. The van der Waals surface area contributed by atoms with Crippen molar-refractivity contribution in [1.29, 1.82) is 0 Å². The number of aromatic nitrogens is 1. The van der Waals surface area contributed by atoms with Crippen LogP contribution in [0.1, 0.15) is 4.88 Å². The Labute approximate surface area is 112 Å². The highest BCUT2D eigenvalue weighted by molar-refractivity contribution is 7.15. The molecule has 1 heterocycles. The molecule has 0 radical (unpaired) electrons. The molecule has 0 saturated heterocycles. The number of hydrogen-bond donors (Lipinski definition) is 1. The van der Waals surface area contributed by atoms with Crippen LogP contribution in [0, 0.1) is 0 Å². The first-order valence-corrected chi connectivity index (χ1v) is 6.41. The Kier molecular flexibility index (Phi) is 6.34. The zero-order valence-corrected chi connectivity index (χ0v) is 12.3. The number of ether oxygens (including phenoxy) is 3. The lowest BCUT2D eigenvalue weighted by molar-refractivity contribution is -0.0988. The van der Waals surface area contributed by atoms with E-state index in [9.17, 15) is 0 Å². The van der Waals surface area contributed by atoms with Gasteiger partial charge < -0.3 is 24.4 Å². The van der Waals surface area contributed by atoms with E-state index < -0.39 is 0 Å². The molecule has 0 amide bonds. The van der Waals surface area contributed by atoms with Gasteiger partial charge in [0.1, 0.15) is 0 Å². The second-order valence-corrected chi connectivity index (χ2v) is 4.92. The van der Waals surface area contributed by atoms with Gasteiger partial charge in [-0.2, -0.15) is 4.98 Å². The number of thiazole rings is 1. The number of hydrogen-bond acceptors (Lipinski definition) is 7. The van der Waals surface area contributed by atoms with Crippen molar-refractivity contribution in [2.24, 2.45) is 0 Å². The van der Waals surface area contributed by atoms with Gasteiger partial charge in [-0.15, -0.1) is 0 Å². The third-order valence-corrected chi connectivity index (χ3v) is 3.55. The van der Waals surface area contributed by atoms with Crippen molar-refractivity contribution < 1.29 is 14.2 Å². The van der Waals surface area contributed by atoms with Crippen LogP contribution < -0.4 is 15.0 Å². The maximum Gasteiger partial charge on any atom is 0.230 e. The van der Waals surface area contributed by atoms with Gasteiger partial charge in [0.15, 0.2) is 11.4 Å². The number of rotatable bonds is 8. The molecule has 0 unspecified atom stereocenters. The number of nitrogens with zero attached hydrogens (tertiary/aromatic N) is 2. The topological polar surface area (TPSA) is 55.9 Å². The summed E-state index contributed by atoms with van der Waals surface area (Å²) in [7, 11) is 8.79. The van der Waals surface area contributed by atoms with Crippen molar-refractivity contribution in [2.75, 3.05) is 46.9 Å². The summed E-state index contributed by atoms with van der Waals surface area (Å²) in [4.78, 5) is 7.41. The Morgan fingerprint density at radius 1 is 1.28 bits per heavy atom. The Balaban J connectivity index is 2.55. The van der Waals surface area contributed by atoms with Gasteiger partial charge in [-0.25, -0.2) is 0 Å². The first kappa shape index (κ1) is 15.2. The molecule has 0 saturated carbocycles. The van der Waals surface area contributed by atoms with Gasteiger partial charge in [0.2, 0.25) is 5.88 Å². The van der Waals surface area contributed by atoms with Crippen LogP contribution in [-0.4, -0.2) is 53.2 Å². The fourth-order valence-corrected chi connectivity index (χ4v) is 2.28. The van der Waals surface area contributed by atoms with E-state index in [4.69, 9.17) is 14.2 Å². The molecule has 1 aromatic rings. The first-order valence-electron chi connectivity index (χ1n) is 5.59. The molecule has 7 heteroatoms. The number of anilines is 1. The van der Waals surface area contributed by atoms with E-state index in [0.29, 0.717) is 19.0 Å². The third kappa shape index (κ3) is 4.09. The van der Waals surface area contributed by atoms with Crippen molar-refractivity contribution in [1.82, 2.24) is 10.3 Å². The molecule has 0 fully saturated rings. The molecule has 1 N–H and O–H groups in total. The molecule has 0 aromatic carbocycles. The van der Waals surface area contributed by atoms with Crippen molar-refractivity contribution in [3.05, 3.63) is 4.88 Å². The average Bonchev–Trinajstić information content (AvgIpc) is 2.78. The molecule has 0 bridgehead atoms. The van der Waals surface area contributed by atoms with Gasteiger partial charge in [0.05, 0.1) is 12.0 Å². The van der Waals surface area contributed by atoms with Crippen LogP contribution in [0.5, 0.6) is 5.88 Å². The molecule has 1 rings (SSSR count). The molecule has 104 valence electrons. The van der Waals surface area contributed by atoms with Crippen molar-refractivity contribution in [2.45, 2.75) is 12.8 Å². The monoisotopic (exact) mass is 275 g/mol. The van der Waals surface area contributed by atoms with E-state index in [1.807, 2.05) is 19.0 Å². The highest BCUT2D eigenvalue weighted by Crippen LogP contribution is 2.30. The zero-order chi connectivity index (χ0) is 13.5. The lowest BCUT2D eigenvalue weighted by Gasteiger charge is -2.13. The SMILES string of the molecule is COc1nc(N(C)C)sc1CNCC(OC)OC. The molecule has 1 aromatic heterocycles. The van der Waals surface area contributed by atoms with Crippen LogP contribution >= 0.6 is 11.3 Å². The van der Waals surface area contributed by atoms with E-state index in [1.54, 1.807) is 32.7 Å². The van der Waals surface area contributed by atoms with Crippen LogP contribution in [0.3, 0.4) is 0 Å². The summed E-state index contributed by atoms with van der Waals surface area (Å²) in [6.07, 6.45) is -0.239. The largest absolute Gasteiger partial charge is 0.480 e. The number of nitrogens with one attached hydrogen (secondary N) is 1. The fourth-order valence-electron chi connectivity index (χ4n) is 1.35. The fraction of sp³-hybridized carbons (Fsp3) is 0.727. The van der Waals surface area contributed by atoms with Crippen LogP contribution in [-0.2, 0) is 16.0 Å². The minimum Gasteiger partial charge on any atom is -0.480 e. The Morgan fingerprint density at radius 2 is 1.94 bits per heavy atom. The minimum atomic E-state index is -0.239. The van der Waals surface area contributed by atoms with Crippen LogP contribution in [0.15, 0.2) is 0 Å². The zero-order valence-electron chi connectivity index (χ0n) is 11.5. The first-order chi connectivity index (χ1) is 8.62. The average molecular weight is 275 g/mol. The van der Waals surface area contributed by atoms with Crippen molar-refractivity contribution in [3.8, 4) is 5.88 Å². The Morgan fingerprint density at radius 3 is 2.44 bits per heavy atom. The van der Waals surface area contributed by atoms with Crippen LogP contribution in [0.25, 0.3) is 0 Å². The summed E-state index contributed by atoms with van der Waals surface area (Å²) >= 11 is 1.60. The third-order valence-electron chi connectivity index (χ3n) is 2.35. The highest BCUT2D eigenvalue weighted by Gasteiger charge is 2.13. The highest BCUT2D eigenvalue weighted by atomic mass is 32.1. The minimum absolute atomic E-state index is 0.239. The normalized spacial score (nSPS) is 11.0. The summed E-state index contributed by atoms with van der Waals surface area (Å²) in [6.45, 7) is 1.29. The smallest absolute Gasteiger partial charge is 0.230 e. The molecule has 0 aliphatic carbocycles. The standard InChI is InChI=1S/C11H21N3O3S/c1-14(2)11-13-10(17-5)8(18-11)6-12-7-9(15-3)16-4/h9,12H,6-7H2,1-5H3. The molecular weight excluding hydrogens is 254 g/mol. The van der Waals surface area contributed by atoms with E-state index >= 15 is 0 Å². The van der Waals surface area contributed by atoms with Crippen LogP contribution in [0.2, 0.25) is 0 Å². The Hall–Kier alpha value is -0.890. The van der Waals surface area contributed by atoms with Crippen molar-refractivity contribution >= 4 is 16.5 Å². The second kappa shape index (κ2) is 7.52. The van der Waals surface area contributed by atoms with E-state index in [-0.39, 0.29) is 6.29 Å². The molecule has 0 aliphatic heterocycles. The van der Waals surface area contributed by atoms with Gasteiger partial charge in [0, 0.05) is 41.4 Å². The summed E-state index contributed by atoms with van der Waals surface area (Å²) in [6, 6.07) is 0. The summed E-state index contributed by atoms with van der Waals surface area (Å²) in [5.74, 6) is 0.669. The van der Waals surface area contributed by atoms with Gasteiger partial charge in [-0.3, -0.25) is 0 Å². The molecule has 0 atom stereocenters. The number of methoxy groups -OCH3 is 3. The van der Waals surface area contributed by atoms with Gasteiger partial charge in [-0.1, -0.05) is 11.3 Å². The van der Waals surface area contributed by atoms with Gasteiger partial charge in [0.25, 0.3) is 0 Å². The Bertz CT molecular complexity index is 353. The van der Waals surface area contributed by atoms with Crippen molar-refractivity contribution in [3.63, 3.8) is 0 Å². The molecule has 0 spiro atoms. The summed E-state index contributed by atoms with van der Waals surface area (Å²) < 4.78 is 15.5. The predicted molar refractivity (Wildman–Crippen MR) is 72.5 cm³/mol. The van der Waals surface area contributed by atoms with E-state index in [0.717, 1.165) is 10.0 Å². The maximum atomic E-state index is 5.26.